The molecular formula is C17H27FN2. The lowest BCUT2D eigenvalue weighted by Gasteiger charge is -2.43. The molecule has 3 heteroatoms. The van der Waals surface area contributed by atoms with E-state index < -0.39 is 0 Å². The third-order valence-electron chi connectivity index (χ3n) is 4.41. The van der Waals surface area contributed by atoms with Gasteiger partial charge in [-0.25, -0.2) is 4.39 Å². The van der Waals surface area contributed by atoms with Crippen molar-refractivity contribution in [3.63, 3.8) is 0 Å². The van der Waals surface area contributed by atoms with Crippen LogP contribution in [-0.2, 0) is 0 Å². The maximum Gasteiger partial charge on any atom is 0.123 e. The number of nitrogens with zero attached hydrogens (tertiary/aromatic N) is 1. The molecule has 0 aromatic heterocycles. The molecule has 0 aliphatic carbocycles. The van der Waals surface area contributed by atoms with E-state index in [4.69, 9.17) is 0 Å². The molecule has 20 heavy (non-hydrogen) atoms. The van der Waals surface area contributed by atoms with E-state index in [2.05, 4.69) is 31.0 Å². The maximum atomic E-state index is 13.6. The van der Waals surface area contributed by atoms with Crippen LogP contribution in [0.2, 0.25) is 0 Å². The highest BCUT2D eigenvalue weighted by Gasteiger charge is 2.37. The van der Waals surface area contributed by atoms with Crippen molar-refractivity contribution in [3.8, 4) is 0 Å². The SMILES string of the molecule is CCCNC(c1cccc(F)c1)C(C)(C)N1CCCC1. The van der Waals surface area contributed by atoms with E-state index in [1.807, 2.05) is 12.1 Å². The minimum absolute atomic E-state index is 0.000532. The van der Waals surface area contributed by atoms with Gasteiger partial charge in [0, 0.05) is 5.54 Å². The molecule has 0 spiro atoms. The first-order valence-corrected chi connectivity index (χ1v) is 7.79. The third-order valence-corrected chi connectivity index (χ3v) is 4.41. The summed E-state index contributed by atoms with van der Waals surface area (Å²) in [4.78, 5) is 2.53. The average molecular weight is 278 g/mol. The highest BCUT2D eigenvalue weighted by Crippen LogP contribution is 2.33. The second kappa shape index (κ2) is 6.68. The zero-order valence-corrected chi connectivity index (χ0v) is 13.0. The fraction of sp³-hybridized carbons (Fsp3) is 0.647. The minimum atomic E-state index is -0.150. The number of benzene rings is 1. The molecule has 1 N–H and O–H groups in total. The summed E-state index contributed by atoms with van der Waals surface area (Å²) in [5.74, 6) is -0.150. The molecule has 1 heterocycles. The van der Waals surface area contributed by atoms with Gasteiger partial charge >= 0.3 is 0 Å². The van der Waals surface area contributed by atoms with Gasteiger partial charge in [-0.05, 0) is 70.4 Å². The highest BCUT2D eigenvalue weighted by molar-refractivity contribution is 5.24. The van der Waals surface area contributed by atoms with Gasteiger partial charge in [0.1, 0.15) is 5.82 Å². The molecule has 1 aliphatic heterocycles. The van der Waals surface area contributed by atoms with E-state index in [9.17, 15) is 4.39 Å². The summed E-state index contributed by atoms with van der Waals surface area (Å²) in [7, 11) is 0. The Morgan fingerprint density at radius 3 is 2.60 bits per heavy atom. The Balaban J connectivity index is 2.26. The molecule has 1 saturated heterocycles. The Morgan fingerprint density at radius 2 is 2.00 bits per heavy atom. The Bertz CT molecular complexity index is 425. The topological polar surface area (TPSA) is 15.3 Å². The standard InChI is InChI=1S/C17H27FN2/c1-4-10-19-16(14-8-7-9-15(18)13-14)17(2,3)20-11-5-6-12-20/h7-9,13,16,19H,4-6,10-12H2,1-3H3. The van der Waals surface area contributed by atoms with Crippen molar-refractivity contribution >= 4 is 0 Å². The summed E-state index contributed by atoms with van der Waals surface area (Å²) in [5, 5.41) is 3.62. The van der Waals surface area contributed by atoms with Gasteiger partial charge in [-0.3, -0.25) is 4.90 Å². The molecule has 1 aromatic rings. The van der Waals surface area contributed by atoms with Crippen molar-refractivity contribution in [1.82, 2.24) is 10.2 Å². The van der Waals surface area contributed by atoms with E-state index >= 15 is 0 Å². The predicted molar refractivity (Wildman–Crippen MR) is 82.3 cm³/mol. The largest absolute Gasteiger partial charge is 0.308 e. The summed E-state index contributed by atoms with van der Waals surface area (Å²) < 4.78 is 13.6. The van der Waals surface area contributed by atoms with Gasteiger partial charge in [-0.15, -0.1) is 0 Å². The molecule has 112 valence electrons. The molecule has 1 fully saturated rings. The second-order valence-electron chi connectivity index (χ2n) is 6.29. The van der Waals surface area contributed by atoms with Gasteiger partial charge in [0.2, 0.25) is 0 Å². The molecule has 1 aromatic carbocycles. The molecule has 0 amide bonds. The molecule has 0 saturated carbocycles. The number of likely N-dealkylation sites (tertiary alicyclic amines) is 1. The lowest BCUT2D eigenvalue weighted by Crippen LogP contribution is -2.51. The lowest BCUT2D eigenvalue weighted by molar-refractivity contribution is 0.106. The van der Waals surface area contributed by atoms with E-state index in [1.54, 1.807) is 6.07 Å². The summed E-state index contributed by atoms with van der Waals surface area (Å²) in [5.41, 5.74) is 1.05. The van der Waals surface area contributed by atoms with Crippen molar-refractivity contribution in [1.29, 1.82) is 0 Å². The fourth-order valence-corrected chi connectivity index (χ4v) is 3.23. The van der Waals surface area contributed by atoms with Gasteiger partial charge in [0.05, 0.1) is 6.04 Å². The molecule has 1 unspecified atom stereocenters. The monoisotopic (exact) mass is 278 g/mol. The lowest BCUT2D eigenvalue weighted by atomic mass is 9.87. The number of hydrogen-bond acceptors (Lipinski definition) is 2. The van der Waals surface area contributed by atoms with Crippen LogP contribution in [-0.4, -0.2) is 30.1 Å². The first kappa shape index (κ1) is 15.5. The number of hydrogen-bond donors (Lipinski definition) is 1. The Labute approximate surface area is 122 Å². The molecule has 2 nitrogen and oxygen atoms in total. The molecular weight excluding hydrogens is 251 g/mol. The van der Waals surface area contributed by atoms with Crippen molar-refractivity contribution < 1.29 is 4.39 Å². The molecule has 0 bridgehead atoms. The first-order chi connectivity index (χ1) is 9.55. The quantitative estimate of drug-likeness (QED) is 0.852. The van der Waals surface area contributed by atoms with Crippen LogP contribution in [0.3, 0.4) is 0 Å². The van der Waals surface area contributed by atoms with Crippen LogP contribution in [0.4, 0.5) is 4.39 Å². The molecule has 2 rings (SSSR count). The van der Waals surface area contributed by atoms with Crippen molar-refractivity contribution in [2.24, 2.45) is 0 Å². The van der Waals surface area contributed by atoms with Gasteiger partial charge in [0.25, 0.3) is 0 Å². The molecule has 0 radical (unpaired) electrons. The Hall–Kier alpha value is -0.930. The van der Waals surface area contributed by atoms with Gasteiger partial charge < -0.3 is 5.32 Å². The van der Waals surface area contributed by atoms with Gasteiger partial charge in [0.15, 0.2) is 0 Å². The van der Waals surface area contributed by atoms with E-state index in [1.165, 1.54) is 18.9 Å². The number of nitrogens with one attached hydrogen (secondary N) is 1. The smallest absolute Gasteiger partial charge is 0.123 e. The molecule has 1 atom stereocenters. The summed E-state index contributed by atoms with van der Waals surface area (Å²) >= 11 is 0. The van der Waals surface area contributed by atoms with Crippen molar-refractivity contribution in [3.05, 3.63) is 35.6 Å². The van der Waals surface area contributed by atoms with Crippen LogP contribution in [0.1, 0.15) is 51.6 Å². The van der Waals surface area contributed by atoms with Crippen LogP contribution in [0.5, 0.6) is 0 Å². The number of halogens is 1. The summed E-state index contributed by atoms with van der Waals surface area (Å²) in [6.45, 7) is 9.96. The summed E-state index contributed by atoms with van der Waals surface area (Å²) in [6, 6.07) is 7.20. The van der Waals surface area contributed by atoms with Crippen molar-refractivity contribution in [2.45, 2.75) is 51.6 Å². The second-order valence-corrected chi connectivity index (χ2v) is 6.29. The third kappa shape index (κ3) is 3.39. The Kier molecular flexibility index (Phi) is 5.17. The highest BCUT2D eigenvalue weighted by atomic mass is 19.1. The fourth-order valence-electron chi connectivity index (χ4n) is 3.23. The van der Waals surface area contributed by atoms with Gasteiger partial charge in [-0.2, -0.15) is 0 Å². The van der Waals surface area contributed by atoms with Crippen LogP contribution in [0.25, 0.3) is 0 Å². The number of rotatable bonds is 6. The van der Waals surface area contributed by atoms with E-state index in [0.29, 0.717) is 0 Å². The van der Waals surface area contributed by atoms with E-state index in [-0.39, 0.29) is 17.4 Å². The minimum Gasteiger partial charge on any atom is -0.308 e. The van der Waals surface area contributed by atoms with E-state index in [0.717, 1.165) is 31.6 Å². The zero-order chi connectivity index (χ0) is 14.6. The predicted octanol–water partition coefficient (Wildman–Crippen LogP) is 3.74. The van der Waals surface area contributed by atoms with Crippen LogP contribution in [0, 0.1) is 5.82 Å². The Morgan fingerprint density at radius 1 is 1.30 bits per heavy atom. The average Bonchev–Trinajstić information content (AvgIpc) is 2.93. The first-order valence-electron chi connectivity index (χ1n) is 7.79. The normalized spacial score (nSPS) is 18.4. The van der Waals surface area contributed by atoms with Crippen LogP contribution >= 0.6 is 0 Å². The molecule has 1 aliphatic rings. The van der Waals surface area contributed by atoms with Crippen LogP contribution < -0.4 is 5.32 Å². The summed E-state index contributed by atoms with van der Waals surface area (Å²) in [6.07, 6.45) is 3.63. The zero-order valence-electron chi connectivity index (χ0n) is 13.0. The van der Waals surface area contributed by atoms with Crippen LogP contribution in [0.15, 0.2) is 24.3 Å². The van der Waals surface area contributed by atoms with Gasteiger partial charge in [-0.1, -0.05) is 19.1 Å². The van der Waals surface area contributed by atoms with Crippen molar-refractivity contribution in [2.75, 3.05) is 19.6 Å². The maximum absolute atomic E-state index is 13.6.